The van der Waals surface area contributed by atoms with Crippen LogP contribution in [0.2, 0.25) is 0 Å². The highest BCUT2D eigenvalue weighted by Gasteiger charge is 2.11. The Hall–Kier alpha value is -2.42. The first-order valence-electron chi connectivity index (χ1n) is 6.21. The lowest BCUT2D eigenvalue weighted by molar-refractivity contribution is 0.0733. The number of amides is 2. The molecule has 0 aromatic heterocycles. The maximum Gasteiger partial charge on any atom is 0.344 e. The Morgan fingerprint density at radius 3 is 2.45 bits per heavy atom. The molecule has 0 saturated heterocycles. The summed E-state index contributed by atoms with van der Waals surface area (Å²) < 4.78 is 6.13. The predicted octanol–water partition coefficient (Wildman–Crippen LogP) is 2.51. The van der Waals surface area contributed by atoms with Gasteiger partial charge in [-0.1, -0.05) is 12.1 Å². The fourth-order valence-electron chi connectivity index (χ4n) is 1.58. The minimum atomic E-state index is -0.737. The standard InChI is InChI=1S/C15H12IN3O3/c16-13-4-2-1-3-12(13)14(20)22-11-7-5-10(6-8-11)9-18-19-15(17)21/h1-9H,(H3,17,19,21)/b18-9-. The van der Waals surface area contributed by atoms with Crippen molar-refractivity contribution in [3.8, 4) is 5.75 Å². The van der Waals surface area contributed by atoms with Crippen molar-refractivity contribution in [3.63, 3.8) is 0 Å². The van der Waals surface area contributed by atoms with Crippen molar-refractivity contribution in [1.29, 1.82) is 0 Å². The lowest BCUT2D eigenvalue weighted by Crippen LogP contribution is -2.24. The fraction of sp³-hybridized carbons (Fsp3) is 0. The number of nitrogens with two attached hydrogens (primary N) is 1. The van der Waals surface area contributed by atoms with E-state index in [0.717, 1.165) is 9.13 Å². The molecule has 0 fully saturated rings. The lowest BCUT2D eigenvalue weighted by atomic mass is 10.2. The van der Waals surface area contributed by atoms with Crippen LogP contribution in [0.5, 0.6) is 5.75 Å². The molecule has 7 heteroatoms. The number of hydrogen-bond donors (Lipinski definition) is 2. The highest BCUT2D eigenvalue weighted by atomic mass is 127. The number of nitrogens with one attached hydrogen (secondary N) is 1. The maximum atomic E-state index is 12.1. The Labute approximate surface area is 140 Å². The summed E-state index contributed by atoms with van der Waals surface area (Å²) in [6.07, 6.45) is 1.43. The van der Waals surface area contributed by atoms with Crippen molar-refractivity contribution in [2.45, 2.75) is 0 Å². The Kier molecular flexibility index (Phi) is 5.48. The summed E-state index contributed by atoms with van der Waals surface area (Å²) in [6, 6.07) is 13.1. The summed E-state index contributed by atoms with van der Waals surface area (Å²) >= 11 is 2.08. The van der Waals surface area contributed by atoms with Crippen molar-refractivity contribution >= 4 is 40.8 Å². The monoisotopic (exact) mass is 409 g/mol. The molecule has 0 spiro atoms. The smallest absolute Gasteiger partial charge is 0.344 e. The van der Waals surface area contributed by atoms with Gasteiger partial charge in [0.2, 0.25) is 0 Å². The van der Waals surface area contributed by atoms with Crippen LogP contribution >= 0.6 is 22.6 Å². The molecule has 0 unspecified atom stereocenters. The van der Waals surface area contributed by atoms with E-state index < -0.39 is 12.0 Å². The highest BCUT2D eigenvalue weighted by molar-refractivity contribution is 14.1. The van der Waals surface area contributed by atoms with Gasteiger partial charge in [0.05, 0.1) is 11.8 Å². The summed E-state index contributed by atoms with van der Waals surface area (Å²) in [4.78, 5) is 22.5. The van der Waals surface area contributed by atoms with Gasteiger partial charge in [0.25, 0.3) is 0 Å². The molecule has 2 aromatic carbocycles. The minimum absolute atomic E-state index is 0.415. The molecule has 0 aliphatic rings. The number of carbonyl (C=O) groups is 2. The molecule has 0 atom stereocenters. The molecule has 0 aliphatic carbocycles. The summed E-state index contributed by atoms with van der Waals surface area (Å²) in [5.74, 6) is 0.00600. The van der Waals surface area contributed by atoms with Crippen LogP contribution in [-0.2, 0) is 0 Å². The van der Waals surface area contributed by atoms with Gasteiger partial charge in [-0.3, -0.25) is 0 Å². The van der Waals surface area contributed by atoms with Gasteiger partial charge in [0, 0.05) is 3.57 Å². The number of hydrogen-bond acceptors (Lipinski definition) is 4. The average Bonchev–Trinajstić information content (AvgIpc) is 2.49. The number of carbonyl (C=O) groups excluding carboxylic acids is 2. The molecule has 22 heavy (non-hydrogen) atoms. The molecular weight excluding hydrogens is 397 g/mol. The number of esters is 1. The van der Waals surface area contributed by atoms with E-state index in [2.05, 4.69) is 33.1 Å². The van der Waals surface area contributed by atoms with Crippen LogP contribution in [-0.4, -0.2) is 18.2 Å². The summed E-state index contributed by atoms with van der Waals surface area (Å²) in [7, 11) is 0. The van der Waals surface area contributed by atoms with Crippen molar-refractivity contribution in [2.75, 3.05) is 0 Å². The Balaban J connectivity index is 2.02. The Morgan fingerprint density at radius 2 is 1.82 bits per heavy atom. The summed E-state index contributed by atoms with van der Waals surface area (Å²) in [5.41, 5.74) is 8.21. The van der Waals surface area contributed by atoms with Crippen molar-refractivity contribution < 1.29 is 14.3 Å². The number of hydrazone groups is 1. The van der Waals surface area contributed by atoms with Gasteiger partial charge in [-0.05, 0) is 64.6 Å². The molecule has 2 amide bonds. The molecule has 2 rings (SSSR count). The third kappa shape index (κ3) is 4.55. The first-order valence-corrected chi connectivity index (χ1v) is 7.29. The zero-order chi connectivity index (χ0) is 15.9. The van der Waals surface area contributed by atoms with E-state index in [1.807, 2.05) is 12.1 Å². The predicted molar refractivity (Wildman–Crippen MR) is 90.9 cm³/mol. The van der Waals surface area contributed by atoms with E-state index in [1.165, 1.54) is 6.21 Å². The van der Waals surface area contributed by atoms with E-state index >= 15 is 0 Å². The lowest BCUT2D eigenvalue weighted by Gasteiger charge is -2.06. The number of halogens is 1. The largest absolute Gasteiger partial charge is 0.423 e. The molecule has 6 nitrogen and oxygen atoms in total. The van der Waals surface area contributed by atoms with Crippen molar-refractivity contribution in [1.82, 2.24) is 5.43 Å². The van der Waals surface area contributed by atoms with Crippen LogP contribution in [0.15, 0.2) is 53.6 Å². The molecule has 112 valence electrons. The third-order valence-electron chi connectivity index (χ3n) is 2.57. The SMILES string of the molecule is NC(=O)N/N=C\c1ccc(OC(=O)c2ccccc2I)cc1. The summed E-state index contributed by atoms with van der Waals surface area (Å²) in [5, 5.41) is 3.63. The van der Waals surface area contributed by atoms with Gasteiger partial charge in [0.15, 0.2) is 0 Å². The average molecular weight is 409 g/mol. The third-order valence-corrected chi connectivity index (χ3v) is 3.51. The topological polar surface area (TPSA) is 93.8 Å². The van der Waals surface area contributed by atoms with Crippen molar-refractivity contribution in [2.24, 2.45) is 10.8 Å². The number of nitrogens with zero attached hydrogens (tertiary/aromatic N) is 1. The molecule has 3 N–H and O–H groups in total. The second kappa shape index (κ2) is 7.55. The van der Waals surface area contributed by atoms with Crippen molar-refractivity contribution in [3.05, 3.63) is 63.2 Å². The fourth-order valence-corrected chi connectivity index (χ4v) is 2.19. The molecule has 0 radical (unpaired) electrons. The van der Waals surface area contributed by atoms with Crippen LogP contribution in [0, 0.1) is 3.57 Å². The quantitative estimate of drug-likeness (QED) is 0.267. The van der Waals surface area contributed by atoms with E-state index in [0.29, 0.717) is 11.3 Å². The molecule has 0 saturated carbocycles. The van der Waals surface area contributed by atoms with Gasteiger partial charge in [-0.15, -0.1) is 0 Å². The van der Waals surface area contributed by atoms with Crippen LogP contribution in [0.25, 0.3) is 0 Å². The van der Waals surface area contributed by atoms with Crippen LogP contribution in [0.1, 0.15) is 15.9 Å². The summed E-state index contributed by atoms with van der Waals surface area (Å²) in [6.45, 7) is 0. The molecule has 0 bridgehead atoms. The zero-order valence-electron chi connectivity index (χ0n) is 11.3. The van der Waals surface area contributed by atoms with Gasteiger partial charge < -0.3 is 10.5 Å². The van der Waals surface area contributed by atoms with E-state index in [-0.39, 0.29) is 0 Å². The molecule has 0 heterocycles. The first-order chi connectivity index (χ1) is 10.6. The second-order valence-electron chi connectivity index (χ2n) is 4.17. The first kappa shape index (κ1) is 16.0. The maximum absolute atomic E-state index is 12.1. The number of rotatable bonds is 4. The van der Waals surface area contributed by atoms with Crippen LogP contribution in [0.3, 0.4) is 0 Å². The van der Waals surface area contributed by atoms with E-state index in [1.54, 1.807) is 36.4 Å². The molecule has 2 aromatic rings. The van der Waals surface area contributed by atoms with E-state index in [4.69, 9.17) is 10.5 Å². The van der Waals surface area contributed by atoms with Gasteiger partial charge in [-0.2, -0.15) is 5.10 Å². The number of primary amides is 1. The highest BCUT2D eigenvalue weighted by Crippen LogP contribution is 2.16. The number of benzene rings is 2. The zero-order valence-corrected chi connectivity index (χ0v) is 13.5. The Morgan fingerprint density at radius 1 is 1.14 bits per heavy atom. The minimum Gasteiger partial charge on any atom is -0.423 e. The second-order valence-corrected chi connectivity index (χ2v) is 5.33. The van der Waals surface area contributed by atoms with Crippen LogP contribution in [0.4, 0.5) is 4.79 Å². The number of ether oxygens (including phenoxy) is 1. The Bertz CT molecular complexity index is 714. The van der Waals surface area contributed by atoms with E-state index in [9.17, 15) is 9.59 Å². The van der Waals surface area contributed by atoms with Gasteiger partial charge in [0.1, 0.15) is 5.75 Å². The number of urea groups is 1. The van der Waals surface area contributed by atoms with Gasteiger partial charge >= 0.3 is 12.0 Å². The van der Waals surface area contributed by atoms with Crippen LogP contribution < -0.4 is 15.9 Å². The normalized spacial score (nSPS) is 10.4. The molecule has 0 aliphatic heterocycles. The molecular formula is C15H12IN3O3. The van der Waals surface area contributed by atoms with Gasteiger partial charge in [-0.25, -0.2) is 15.0 Å².